The number of primary amides is 1. The molecule has 0 bridgehead atoms. The van der Waals surface area contributed by atoms with Gasteiger partial charge in [0.2, 0.25) is 5.91 Å². The van der Waals surface area contributed by atoms with E-state index in [0.29, 0.717) is 16.9 Å². The second-order valence-corrected chi connectivity index (χ2v) is 6.46. The molecule has 0 aliphatic rings. The minimum atomic E-state index is -0.547. The molecule has 0 aliphatic carbocycles. The standard InChI is InChI=1S/C22H18N4O3/c23-21(27)16-9-10-19-18(12-16)20(26-25-19)15-7-4-8-17(11-15)24-22(28)29-13-14-5-2-1-3-6-14/h1-12H,13H2,(H2,23,27)(H,24,28)(H,25,26). The van der Waals surface area contributed by atoms with Crippen molar-refractivity contribution in [2.45, 2.75) is 6.61 Å². The van der Waals surface area contributed by atoms with Crippen molar-refractivity contribution in [2.75, 3.05) is 5.32 Å². The first-order valence-electron chi connectivity index (χ1n) is 8.96. The third-order valence-corrected chi connectivity index (χ3v) is 4.44. The summed E-state index contributed by atoms with van der Waals surface area (Å²) in [7, 11) is 0. The maximum absolute atomic E-state index is 12.1. The Balaban J connectivity index is 1.53. The number of fused-ring (bicyclic) bond motifs is 1. The minimum absolute atomic E-state index is 0.187. The van der Waals surface area contributed by atoms with Gasteiger partial charge in [-0.15, -0.1) is 0 Å². The Kier molecular flexibility index (Phi) is 4.94. The molecular weight excluding hydrogens is 368 g/mol. The molecule has 4 rings (SSSR count). The molecule has 0 radical (unpaired) electrons. The van der Waals surface area contributed by atoms with Crippen LogP contribution in [-0.4, -0.2) is 22.2 Å². The first-order valence-corrected chi connectivity index (χ1v) is 8.96. The fraction of sp³-hybridized carbons (Fsp3) is 0.0455. The molecule has 1 heterocycles. The number of nitrogens with one attached hydrogen (secondary N) is 2. The second-order valence-electron chi connectivity index (χ2n) is 6.46. The Morgan fingerprint density at radius 3 is 2.62 bits per heavy atom. The third kappa shape index (κ3) is 4.08. The van der Waals surface area contributed by atoms with Crippen molar-refractivity contribution in [3.63, 3.8) is 0 Å². The van der Waals surface area contributed by atoms with Gasteiger partial charge in [-0.1, -0.05) is 42.5 Å². The molecule has 144 valence electrons. The zero-order valence-corrected chi connectivity index (χ0v) is 15.4. The zero-order valence-electron chi connectivity index (χ0n) is 15.4. The van der Waals surface area contributed by atoms with Crippen LogP contribution in [0.2, 0.25) is 0 Å². The van der Waals surface area contributed by atoms with E-state index in [0.717, 1.165) is 22.0 Å². The van der Waals surface area contributed by atoms with Crippen molar-refractivity contribution in [3.8, 4) is 11.3 Å². The number of aromatic nitrogens is 2. The van der Waals surface area contributed by atoms with Crippen LogP contribution in [-0.2, 0) is 11.3 Å². The fourth-order valence-corrected chi connectivity index (χ4v) is 3.01. The second kappa shape index (κ2) is 7.85. The molecule has 2 amide bonds. The van der Waals surface area contributed by atoms with Gasteiger partial charge in [0.15, 0.2) is 0 Å². The Hall–Kier alpha value is -4.13. The van der Waals surface area contributed by atoms with Crippen molar-refractivity contribution in [3.05, 3.63) is 83.9 Å². The van der Waals surface area contributed by atoms with Crippen LogP contribution in [0.15, 0.2) is 72.8 Å². The summed E-state index contributed by atoms with van der Waals surface area (Å²) in [5.41, 5.74) is 9.48. The van der Waals surface area contributed by atoms with Crippen molar-refractivity contribution in [1.82, 2.24) is 10.2 Å². The summed E-state index contributed by atoms with van der Waals surface area (Å²) < 4.78 is 5.25. The average Bonchev–Trinajstić information content (AvgIpc) is 3.16. The van der Waals surface area contributed by atoms with E-state index in [-0.39, 0.29) is 6.61 Å². The fourth-order valence-electron chi connectivity index (χ4n) is 3.01. The third-order valence-electron chi connectivity index (χ3n) is 4.44. The largest absolute Gasteiger partial charge is 0.444 e. The van der Waals surface area contributed by atoms with Gasteiger partial charge in [-0.05, 0) is 35.9 Å². The number of anilines is 1. The number of rotatable bonds is 5. The summed E-state index contributed by atoms with van der Waals surface area (Å²) in [6.07, 6.45) is -0.547. The lowest BCUT2D eigenvalue weighted by Crippen LogP contribution is -2.13. The molecule has 7 nitrogen and oxygen atoms in total. The zero-order chi connectivity index (χ0) is 20.2. The molecule has 0 spiro atoms. The number of amides is 2. The summed E-state index contributed by atoms with van der Waals surface area (Å²) in [5.74, 6) is -0.504. The molecule has 0 saturated carbocycles. The van der Waals surface area contributed by atoms with Crippen LogP contribution in [0.25, 0.3) is 22.2 Å². The predicted octanol–water partition coefficient (Wildman–Crippen LogP) is 4.08. The van der Waals surface area contributed by atoms with E-state index in [2.05, 4.69) is 15.5 Å². The van der Waals surface area contributed by atoms with Gasteiger partial charge in [-0.2, -0.15) is 5.10 Å². The van der Waals surface area contributed by atoms with Crippen LogP contribution in [0.1, 0.15) is 15.9 Å². The van der Waals surface area contributed by atoms with Gasteiger partial charge in [0.25, 0.3) is 0 Å². The Labute approximate surface area is 166 Å². The van der Waals surface area contributed by atoms with Crippen LogP contribution < -0.4 is 11.1 Å². The molecule has 29 heavy (non-hydrogen) atoms. The number of aromatic amines is 1. The molecule has 0 atom stereocenters. The Morgan fingerprint density at radius 2 is 1.83 bits per heavy atom. The van der Waals surface area contributed by atoms with Crippen molar-refractivity contribution in [2.24, 2.45) is 5.73 Å². The normalized spacial score (nSPS) is 10.6. The maximum atomic E-state index is 12.1. The van der Waals surface area contributed by atoms with E-state index in [1.165, 1.54) is 0 Å². The quantitative estimate of drug-likeness (QED) is 0.480. The van der Waals surface area contributed by atoms with Gasteiger partial charge >= 0.3 is 6.09 Å². The summed E-state index contributed by atoms with van der Waals surface area (Å²) >= 11 is 0. The van der Waals surface area contributed by atoms with E-state index in [1.807, 2.05) is 36.4 Å². The number of hydrogen-bond acceptors (Lipinski definition) is 4. The average molecular weight is 386 g/mol. The van der Waals surface area contributed by atoms with Gasteiger partial charge in [0.1, 0.15) is 6.61 Å². The van der Waals surface area contributed by atoms with Crippen LogP contribution in [0.3, 0.4) is 0 Å². The molecule has 0 aliphatic heterocycles. The van der Waals surface area contributed by atoms with Crippen LogP contribution >= 0.6 is 0 Å². The number of nitrogens with two attached hydrogens (primary N) is 1. The highest BCUT2D eigenvalue weighted by Crippen LogP contribution is 2.28. The highest BCUT2D eigenvalue weighted by Gasteiger charge is 2.12. The summed E-state index contributed by atoms with van der Waals surface area (Å²) in [6.45, 7) is 0.187. The summed E-state index contributed by atoms with van der Waals surface area (Å²) in [5, 5.41) is 10.8. The molecule has 4 aromatic rings. The number of hydrogen-bond donors (Lipinski definition) is 3. The monoisotopic (exact) mass is 386 g/mol. The van der Waals surface area contributed by atoms with Gasteiger partial charge in [0, 0.05) is 22.2 Å². The summed E-state index contributed by atoms with van der Waals surface area (Å²) in [6, 6.07) is 21.8. The topological polar surface area (TPSA) is 110 Å². The minimum Gasteiger partial charge on any atom is -0.444 e. The van der Waals surface area contributed by atoms with Crippen molar-refractivity contribution >= 4 is 28.6 Å². The van der Waals surface area contributed by atoms with E-state index in [4.69, 9.17) is 10.5 Å². The van der Waals surface area contributed by atoms with E-state index in [1.54, 1.807) is 36.4 Å². The van der Waals surface area contributed by atoms with Crippen LogP contribution in [0.5, 0.6) is 0 Å². The molecular formula is C22H18N4O3. The van der Waals surface area contributed by atoms with Gasteiger partial charge in [-0.3, -0.25) is 15.2 Å². The number of H-pyrrole nitrogens is 1. The summed E-state index contributed by atoms with van der Waals surface area (Å²) in [4.78, 5) is 23.6. The Morgan fingerprint density at radius 1 is 1.00 bits per heavy atom. The van der Waals surface area contributed by atoms with Crippen molar-refractivity contribution in [1.29, 1.82) is 0 Å². The molecule has 1 aromatic heterocycles. The first-order chi connectivity index (χ1) is 14.1. The maximum Gasteiger partial charge on any atom is 0.411 e. The SMILES string of the molecule is NC(=O)c1ccc2[nH]nc(-c3cccc(NC(=O)OCc4ccccc4)c3)c2c1. The molecule has 3 aromatic carbocycles. The number of nitrogens with zero attached hydrogens (tertiary/aromatic N) is 1. The smallest absolute Gasteiger partial charge is 0.411 e. The number of benzene rings is 3. The highest BCUT2D eigenvalue weighted by atomic mass is 16.5. The lowest BCUT2D eigenvalue weighted by Gasteiger charge is -2.08. The number of carbonyl (C=O) groups excluding carboxylic acids is 2. The van der Waals surface area contributed by atoms with Gasteiger partial charge < -0.3 is 10.5 Å². The van der Waals surface area contributed by atoms with Crippen LogP contribution in [0.4, 0.5) is 10.5 Å². The van der Waals surface area contributed by atoms with Gasteiger partial charge in [-0.25, -0.2) is 4.79 Å². The van der Waals surface area contributed by atoms with Crippen molar-refractivity contribution < 1.29 is 14.3 Å². The van der Waals surface area contributed by atoms with E-state index < -0.39 is 12.0 Å². The predicted molar refractivity (Wildman–Crippen MR) is 110 cm³/mol. The highest BCUT2D eigenvalue weighted by molar-refractivity contribution is 6.01. The Bertz CT molecular complexity index is 1190. The number of carbonyl (C=O) groups is 2. The molecule has 0 unspecified atom stereocenters. The molecule has 4 N–H and O–H groups in total. The lowest BCUT2D eigenvalue weighted by molar-refractivity contribution is 0.100. The first kappa shape index (κ1) is 18.2. The molecule has 7 heteroatoms. The lowest BCUT2D eigenvalue weighted by atomic mass is 10.0. The van der Waals surface area contributed by atoms with Crippen LogP contribution in [0, 0.1) is 0 Å². The van der Waals surface area contributed by atoms with E-state index in [9.17, 15) is 9.59 Å². The van der Waals surface area contributed by atoms with E-state index >= 15 is 0 Å². The van der Waals surface area contributed by atoms with Gasteiger partial charge in [0.05, 0.1) is 11.2 Å². The molecule has 0 saturated heterocycles. The molecule has 0 fully saturated rings. The number of ether oxygens (including phenoxy) is 1.